The van der Waals surface area contributed by atoms with E-state index in [0.29, 0.717) is 16.5 Å². The number of halogens is 2. The highest BCUT2D eigenvalue weighted by atomic mass is 79.9. The third-order valence-electron chi connectivity index (χ3n) is 4.59. The molecule has 1 N–H and O–H groups in total. The van der Waals surface area contributed by atoms with Crippen molar-refractivity contribution in [3.05, 3.63) is 70.5 Å². The number of hydrogen-bond donors (Lipinski definition) is 1. The van der Waals surface area contributed by atoms with E-state index in [2.05, 4.69) is 36.4 Å². The number of carbonyl (C=O) groups is 1. The fraction of sp³-hybridized carbons (Fsp3) is 0.0476. The Morgan fingerprint density at radius 3 is 2.77 bits per heavy atom. The molecule has 2 aromatic carbocycles. The summed E-state index contributed by atoms with van der Waals surface area (Å²) in [6.45, 7) is 0. The van der Waals surface area contributed by atoms with Crippen molar-refractivity contribution in [3.63, 3.8) is 0 Å². The number of aromatic nitrogens is 4. The van der Waals surface area contributed by atoms with Crippen molar-refractivity contribution >= 4 is 66.5 Å². The quantitative estimate of drug-likeness (QED) is 0.308. The third-order valence-corrected chi connectivity index (χ3v) is 7.11. The average Bonchev–Trinajstić information content (AvgIpc) is 3.38. The molecular weight excluding hydrogens is 501 g/mol. The number of thiophene rings is 1. The molecule has 154 valence electrons. The smallest absolute Gasteiger partial charge is 0.234 e. The van der Waals surface area contributed by atoms with Crippen LogP contribution in [-0.2, 0) is 4.79 Å². The fourth-order valence-electron chi connectivity index (χ4n) is 3.14. The number of rotatable bonds is 5. The second-order valence-corrected chi connectivity index (χ2v) is 9.23. The lowest BCUT2D eigenvalue weighted by Gasteiger charge is -2.06. The molecule has 0 spiro atoms. The molecule has 0 fully saturated rings. The number of thioether (sulfide) groups is 1. The summed E-state index contributed by atoms with van der Waals surface area (Å²) in [6, 6.07) is 13.8. The average molecular weight is 514 g/mol. The number of para-hydroxylation sites is 1. The van der Waals surface area contributed by atoms with Gasteiger partial charge in [0, 0.05) is 15.4 Å². The highest BCUT2D eigenvalue weighted by Crippen LogP contribution is 2.36. The van der Waals surface area contributed by atoms with Gasteiger partial charge in [-0.3, -0.25) is 9.20 Å². The molecule has 3 heterocycles. The predicted octanol–water partition coefficient (Wildman–Crippen LogP) is 5.64. The van der Waals surface area contributed by atoms with Crippen LogP contribution in [0, 0.1) is 5.82 Å². The van der Waals surface area contributed by atoms with Crippen molar-refractivity contribution in [1.82, 2.24) is 19.6 Å². The number of fused-ring (bicyclic) bond motifs is 3. The normalized spacial score (nSPS) is 11.3. The van der Waals surface area contributed by atoms with Crippen LogP contribution >= 0.6 is 39.0 Å². The van der Waals surface area contributed by atoms with E-state index in [9.17, 15) is 9.18 Å². The van der Waals surface area contributed by atoms with Gasteiger partial charge in [0.15, 0.2) is 10.8 Å². The summed E-state index contributed by atoms with van der Waals surface area (Å²) in [4.78, 5) is 17.7. The summed E-state index contributed by atoms with van der Waals surface area (Å²) in [5, 5.41) is 14.9. The van der Waals surface area contributed by atoms with Gasteiger partial charge < -0.3 is 5.32 Å². The highest BCUT2D eigenvalue weighted by Gasteiger charge is 2.17. The minimum Gasteiger partial charge on any atom is -0.324 e. The molecule has 10 heteroatoms. The zero-order valence-corrected chi connectivity index (χ0v) is 19.0. The van der Waals surface area contributed by atoms with Crippen LogP contribution in [0.15, 0.2) is 69.9 Å². The minimum absolute atomic E-state index is 0.148. The van der Waals surface area contributed by atoms with Crippen molar-refractivity contribution in [1.29, 1.82) is 0 Å². The second kappa shape index (κ2) is 8.37. The first-order valence-corrected chi connectivity index (χ1v) is 11.8. The maximum atomic E-state index is 13.3. The van der Waals surface area contributed by atoms with E-state index in [1.807, 2.05) is 29.6 Å². The van der Waals surface area contributed by atoms with E-state index in [-0.39, 0.29) is 17.5 Å². The number of benzene rings is 2. The van der Waals surface area contributed by atoms with Crippen molar-refractivity contribution in [3.8, 4) is 11.1 Å². The number of hydrogen-bond acceptors (Lipinski definition) is 6. The van der Waals surface area contributed by atoms with E-state index in [0.717, 1.165) is 25.8 Å². The molecule has 0 radical (unpaired) electrons. The summed E-state index contributed by atoms with van der Waals surface area (Å²) >= 11 is 6.20. The number of amides is 1. The molecule has 5 rings (SSSR count). The maximum absolute atomic E-state index is 13.3. The standard InChI is InChI=1S/C21H13BrFN5OS2/c22-15-3-1-2-4-16(15)25-17(29)10-31-21-27-26-19-18-14(12-5-7-13(23)8-6-12)9-30-20(18)24-11-28(19)21/h1-9,11H,10H2,(H,25,29). The Kier molecular flexibility index (Phi) is 5.43. The van der Waals surface area contributed by atoms with Crippen LogP contribution < -0.4 is 5.32 Å². The van der Waals surface area contributed by atoms with E-state index in [1.54, 1.807) is 22.9 Å². The van der Waals surface area contributed by atoms with Gasteiger partial charge in [0.1, 0.15) is 17.0 Å². The predicted molar refractivity (Wildman–Crippen MR) is 125 cm³/mol. The highest BCUT2D eigenvalue weighted by molar-refractivity contribution is 9.10. The lowest BCUT2D eigenvalue weighted by atomic mass is 10.1. The lowest BCUT2D eigenvalue weighted by Crippen LogP contribution is -2.14. The number of nitrogens with one attached hydrogen (secondary N) is 1. The molecule has 1 amide bonds. The van der Waals surface area contributed by atoms with E-state index in [4.69, 9.17) is 0 Å². The Labute approximate surface area is 192 Å². The van der Waals surface area contributed by atoms with Crippen LogP contribution in [0.3, 0.4) is 0 Å². The van der Waals surface area contributed by atoms with Crippen molar-refractivity contribution < 1.29 is 9.18 Å². The van der Waals surface area contributed by atoms with Crippen LogP contribution in [0.5, 0.6) is 0 Å². The van der Waals surface area contributed by atoms with Crippen LogP contribution in [0.25, 0.3) is 27.0 Å². The minimum atomic E-state index is -0.284. The summed E-state index contributed by atoms with van der Waals surface area (Å²) in [5.41, 5.74) is 3.17. The van der Waals surface area contributed by atoms with Gasteiger partial charge in [-0.25, -0.2) is 9.37 Å². The Morgan fingerprint density at radius 1 is 1.16 bits per heavy atom. The van der Waals surface area contributed by atoms with Crippen molar-refractivity contribution in [2.24, 2.45) is 0 Å². The van der Waals surface area contributed by atoms with Gasteiger partial charge in [-0.05, 0) is 45.8 Å². The van der Waals surface area contributed by atoms with Crippen LogP contribution in [-0.4, -0.2) is 31.2 Å². The van der Waals surface area contributed by atoms with Gasteiger partial charge >= 0.3 is 0 Å². The Hall–Kier alpha value is -2.82. The molecule has 5 aromatic rings. The van der Waals surface area contributed by atoms with Crippen LogP contribution in [0.1, 0.15) is 0 Å². The maximum Gasteiger partial charge on any atom is 0.234 e. The molecule has 0 unspecified atom stereocenters. The summed E-state index contributed by atoms with van der Waals surface area (Å²) in [6.07, 6.45) is 1.66. The molecular formula is C21H13BrFN5OS2. The Balaban J connectivity index is 1.42. The molecule has 3 aromatic heterocycles. The summed E-state index contributed by atoms with van der Waals surface area (Å²) < 4.78 is 15.9. The number of nitrogens with zero attached hydrogens (tertiary/aromatic N) is 4. The van der Waals surface area contributed by atoms with E-state index in [1.165, 1.54) is 35.2 Å². The lowest BCUT2D eigenvalue weighted by molar-refractivity contribution is -0.113. The third kappa shape index (κ3) is 3.93. The first-order valence-electron chi connectivity index (χ1n) is 9.14. The molecule has 0 aliphatic heterocycles. The van der Waals surface area contributed by atoms with Gasteiger partial charge in [-0.15, -0.1) is 21.5 Å². The van der Waals surface area contributed by atoms with Crippen molar-refractivity contribution in [2.75, 3.05) is 11.1 Å². The molecule has 0 saturated heterocycles. The number of carbonyl (C=O) groups excluding carboxylic acids is 1. The molecule has 0 atom stereocenters. The molecule has 0 saturated carbocycles. The molecule has 0 aliphatic carbocycles. The number of anilines is 1. The van der Waals surface area contributed by atoms with E-state index < -0.39 is 0 Å². The Bertz CT molecular complexity index is 1420. The van der Waals surface area contributed by atoms with Gasteiger partial charge in [-0.2, -0.15) is 0 Å². The zero-order chi connectivity index (χ0) is 21.4. The van der Waals surface area contributed by atoms with Crippen LogP contribution in [0.4, 0.5) is 10.1 Å². The topological polar surface area (TPSA) is 72.2 Å². The SMILES string of the molecule is O=C(CSc1nnc2c3c(-c4ccc(F)cc4)csc3ncn12)Nc1ccccc1Br. The second-order valence-electron chi connectivity index (χ2n) is 6.57. The van der Waals surface area contributed by atoms with Crippen LogP contribution in [0.2, 0.25) is 0 Å². The van der Waals surface area contributed by atoms with Gasteiger partial charge in [-0.1, -0.05) is 36.0 Å². The zero-order valence-electron chi connectivity index (χ0n) is 15.8. The first kappa shape index (κ1) is 20.1. The van der Waals surface area contributed by atoms with Crippen molar-refractivity contribution in [2.45, 2.75) is 5.16 Å². The largest absolute Gasteiger partial charge is 0.324 e. The molecule has 0 aliphatic rings. The van der Waals surface area contributed by atoms with Gasteiger partial charge in [0.2, 0.25) is 5.91 Å². The fourth-order valence-corrected chi connectivity index (χ4v) is 5.14. The first-order chi connectivity index (χ1) is 15.1. The van der Waals surface area contributed by atoms with Gasteiger partial charge in [0.05, 0.1) is 16.8 Å². The Morgan fingerprint density at radius 2 is 1.97 bits per heavy atom. The molecule has 6 nitrogen and oxygen atoms in total. The molecule has 0 bridgehead atoms. The summed E-state index contributed by atoms with van der Waals surface area (Å²) in [5.74, 6) is -0.256. The molecule has 31 heavy (non-hydrogen) atoms. The van der Waals surface area contributed by atoms with Gasteiger partial charge in [0.25, 0.3) is 0 Å². The van der Waals surface area contributed by atoms with E-state index >= 15 is 0 Å². The summed E-state index contributed by atoms with van der Waals surface area (Å²) in [7, 11) is 0. The monoisotopic (exact) mass is 513 g/mol.